The van der Waals surface area contributed by atoms with E-state index in [2.05, 4.69) is 22.5 Å². The number of ether oxygens (including phenoxy) is 1. The summed E-state index contributed by atoms with van der Waals surface area (Å²) in [6, 6.07) is 2.03. The lowest BCUT2D eigenvalue weighted by molar-refractivity contribution is -0.134. The summed E-state index contributed by atoms with van der Waals surface area (Å²) in [5.74, 6) is 1.05. The summed E-state index contributed by atoms with van der Waals surface area (Å²) in [4.78, 5) is 34.5. The quantitative estimate of drug-likeness (QED) is 0.611. The summed E-state index contributed by atoms with van der Waals surface area (Å²) in [5, 5.41) is 4.48. The van der Waals surface area contributed by atoms with Crippen LogP contribution in [0.25, 0.3) is 0 Å². The molecule has 27 heavy (non-hydrogen) atoms. The first-order valence-corrected chi connectivity index (χ1v) is 8.35. The molecular weight excluding hydrogens is 358 g/mol. The zero-order valence-electron chi connectivity index (χ0n) is 15.2. The second-order valence-corrected chi connectivity index (χ2v) is 7.01. The number of halogens is 2. The number of nitrogens with one attached hydrogen (secondary N) is 2. The van der Waals surface area contributed by atoms with Crippen molar-refractivity contribution < 1.29 is 27.9 Å². The van der Waals surface area contributed by atoms with Gasteiger partial charge in [0.25, 0.3) is 0 Å². The number of piperidine rings is 1. The molecule has 1 atom stereocenters. The van der Waals surface area contributed by atoms with Crippen molar-refractivity contribution in [1.29, 1.82) is 0 Å². The minimum atomic E-state index is -1.06. The lowest BCUT2D eigenvalue weighted by atomic mass is 9.89. The van der Waals surface area contributed by atoms with Crippen LogP contribution in [0.2, 0.25) is 0 Å². The van der Waals surface area contributed by atoms with Crippen LogP contribution in [-0.4, -0.2) is 30.1 Å². The van der Waals surface area contributed by atoms with Gasteiger partial charge in [0.2, 0.25) is 11.8 Å². The third kappa shape index (κ3) is 5.78. The van der Waals surface area contributed by atoms with Gasteiger partial charge in [-0.05, 0) is 39.3 Å². The van der Waals surface area contributed by atoms with Gasteiger partial charge in [0.05, 0.1) is 12.5 Å². The van der Waals surface area contributed by atoms with E-state index in [1.54, 1.807) is 20.8 Å². The van der Waals surface area contributed by atoms with E-state index in [1.165, 1.54) is 0 Å². The van der Waals surface area contributed by atoms with Crippen LogP contribution in [-0.2, 0) is 14.3 Å². The summed E-state index contributed by atoms with van der Waals surface area (Å²) in [6.45, 7) is 5.09. The average molecular weight is 378 g/mol. The minimum absolute atomic E-state index is 0.0210. The number of alkyl carbamates (subject to hydrolysis) is 1. The lowest BCUT2D eigenvalue weighted by Gasteiger charge is -2.22. The predicted octanol–water partition coefficient (Wildman–Crippen LogP) is 2.36. The van der Waals surface area contributed by atoms with Crippen LogP contribution in [0.4, 0.5) is 13.6 Å². The van der Waals surface area contributed by atoms with Gasteiger partial charge in [-0.15, -0.1) is 0 Å². The zero-order valence-corrected chi connectivity index (χ0v) is 15.2. The Kier molecular flexibility index (Phi) is 6.16. The third-order valence-electron chi connectivity index (χ3n) is 3.62. The molecule has 1 aromatic rings. The van der Waals surface area contributed by atoms with Crippen molar-refractivity contribution in [2.24, 2.45) is 0 Å². The molecule has 1 saturated heterocycles. The largest absolute Gasteiger partial charge is 0.444 e. The summed E-state index contributed by atoms with van der Waals surface area (Å²) in [6.07, 6.45) is -0.585. The van der Waals surface area contributed by atoms with Crippen molar-refractivity contribution in [3.8, 4) is 11.8 Å². The summed E-state index contributed by atoms with van der Waals surface area (Å²) >= 11 is 0. The first-order valence-electron chi connectivity index (χ1n) is 8.35. The number of benzene rings is 1. The van der Waals surface area contributed by atoms with Crippen LogP contribution in [0.3, 0.4) is 0 Å². The Morgan fingerprint density at radius 2 is 1.93 bits per heavy atom. The topological polar surface area (TPSA) is 84.5 Å². The molecular formula is C19H20F2N2O4. The minimum Gasteiger partial charge on any atom is -0.444 e. The molecule has 0 aromatic heterocycles. The molecule has 1 aliphatic heterocycles. The van der Waals surface area contributed by atoms with Gasteiger partial charge in [0.1, 0.15) is 17.2 Å². The van der Waals surface area contributed by atoms with Gasteiger partial charge in [-0.3, -0.25) is 14.9 Å². The number of rotatable bonds is 2. The van der Waals surface area contributed by atoms with Crippen LogP contribution in [0.1, 0.15) is 50.7 Å². The Hall–Kier alpha value is -2.95. The third-order valence-corrected chi connectivity index (χ3v) is 3.62. The zero-order chi connectivity index (χ0) is 20.2. The molecule has 2 rings (SSSR count). The Morgan fingerprint density at radius 1 is 1.30 bits per heavy atom. The lowest BCUT2D eigenvalue weighted by Crippen LogP contribution is -2.40. The van der Waals surface area contributed by atoms with Gasteiger partial charge in [0, 0.05) is 17.5 Å². The molecule has 0 spiro atoms. The number of carbonyl (C=O) groups is 3. The molecule has 6 nitrogen and oxygen atoms in total. The SMILES string of the molecule is CC(C)(C)OC(=O)NCC#Cc1cc(F)c(C2CCC(=O)NC2=O)c(F)c1. The van der Waals surface area contributed by atoms with E-state index in [0.717, 1.165) is 12.1 Å². The average Bonchev–Trinajstić information content (AvgIpc) is 2.51. The van der Waals surface area contributed by atoms with Crippen molar-refractivity contribution in [2.75, 3.05) is 6.54 Å². The van der Waals surface area contributed by atoms with Crippen LogP contribution >= 0.6 is 0 Å². The summed E-state index contributed by atoms with van der Waals surface area (Å²) in [7, 11) is 0. The summed E-state index contributed by atoms with van der Waals surface area (Å²) in [5.41, 5.74) is -0.959. The molecule has 3 amide bonds. The Bertz CT molecular complexity index is 811. The highest BCUT2D eigenvalue weighted by atomic mass is 19.1. The van der Waals surface area contributed by atoms with E-state index in [9.17, 15) is 23.2 Å². The molecule has 8 heteroatoms. The fraction of sp³-hybridized carbons (Fsp3) is 0.421. The second kappa shape index (κ2) is 8.16. The fourth-order valence-electron chi connectivity index (χ4n) is 2.54. The van der Waals surface area contributed by atoms with Crippen molar-refractivity contribution in [1.82, 2.24) is 10.6 Å². The van der Waals surface area contributed by atoms with Gasteiger partial charge < -0.3 is 10.1 Å². The smallest absolute Gasteiger partial charge is 0.408 e. The number of amides is 3. The van der Waals surface area contributed by atoms with E-state index < -0.39 is 41.1 Å². The number of carbonyl (C=O) groups excluding carboxylic acids is 3. The van der Waals surface area contributed by atoms with E-state index in [-0.39, 0.29) is 30.5 Å². The van der Waals surface area contributed by atoms with E-state index >= 15 is 0 Å². The van der Waals surface area contributed by atoms with Gasteiger partial charge in [-0.1, -0.05) is 11.8 Å². The Balaban J connectivity index is 2.06. The highest BCUT2D eigenvalue weighted by Crippen LogP contribution is 2.29. The fourth-order valence-corrected chi connectivity index (χ4v) is 2.54. The first-order chi connectivity index (χ1) is 12.6. The standard InChI is InChI=1S/C19H20F2N2O4/c1-19(2,3)27-18(26)22-8-4-5-11-9-13(20)16(14(21)10-11)12-6-7-15(24)23-17(12)25/h9-10,12H,6-8H2,1-3H3,(H,22,26)(H,23,24,25). The van der Waals surface area contributed by atoms with Gasteiger partial charge in [-0.25, -0.2) is 13.6 Å². The van der Waals surface area contributed by atoms with E-state index in [0.29, 0.717) is 0 Å². The molecule has 144 valence electrons. The molecule has 1 heterocycles. The maximum Gasteiger partial charge on any atom is 0.408 e. The normalized spacial score (nSPS) is 16.9. The monoisotopic (exact) mass is 378 g/mol. The summed E-state index contributed by atoms with van der Waals surface area (Å²) < 4.78 is 33.7. The molecule has 0 saturated carbocycles. The highest BCUT2D eigenvalue weighted by Gasteiger charge is 2.32. The second-order valence-electron chi connectivity index (χ2n) is 7.01. The molecule has 2 N–H and O–H groups in total. The Morgan fingerprint density at radius 3 is 2.48 bits per heavy atom. The molecule has 0 aliphatic carbocycles. The predicted molar refractivity (Wildman–Crippen MR) is 92.6 cm³/mol. The van der Waals surface area contributed by atoms with E-state index in [4.69, 9.17) is 4.74 Å². The number of hydrogen-bond acceptors (Lipinski definition) is 4. The number of imide groups is 1. The van der Waals surface area contributed by atoms with E-state index in [1.807, 2.05) is 0 Å². The van der Waals surface area contributed by atoms with Crippen LogP contribution in [0, 0.1) is 23.5 Å². The van der Waals surface area contributed by atoms with Crippen LogP contribution in [0.15, 0.2) is 12.1 Å². The van der Waals surface area contributed by atoms with Crippen LogP contribution in [0.5, 0.6) is 0 Å². The van der Waals surface area contributed by atoms with Gasteiger partial charge >= 0.3 is 6.09 Å². The van der Waals surface area contributed by atoms with Crippen molar-refractivity contribution in [3.63, 3.8) is 0 Å². The molecule has 1 fully saturated rings. The van der Waals surface area contributed by atoms with Crippen molar-refractivity contribution >= 4 is 17.9 Å². The number of hydrogen-bond donors (Lipinski definition) is 2. The highest BCUT2D eigenvalue weighted by molar-refractivity contribution is 6.01. The van der Waals surface area contributed by atoms with Crippen molar-refractivity contribution in [2.45, 2.75) is 45.1 Å². The molecule has 1 aliphatic rings. The van der Waals surface area contributed by atoms with Crippen molar-refractivity contribution in [3.05, 3.63) is 34.9 Å². The first kappa shape index (κ1) is 20.4. The molecule has 1 unspecified atom stereocenters. The molecule has 0 bridgehead atoms. The van der Waals surface area contributed by atoms with Gasteiger partial charge in [-0.2, -0.15) is 0 Å². The maximum absolute atomic E-state index is 14.3. The molecule has 1 aromatic carbocycles. The molecule has 0 radical (unpaired) electrons. The Labute approximate surface area is 155 Å². The van der Waals surface area contributed by atoms with Crippen LogP contribution < -0.4 is 10.6 Å². The maximum atomic E-state index is 14.3. The van der Waals surface area contributed by atoms with Gasteiger partial charge in [0.15, 0.2) is 0 Å².